The number of rotatable bonds is 4. The molecule has 7 heteroatoms. The topological polar surface area (TPSA) is 52.8 Å². The second kappa shape index (κ2) is 6.56. The van der Waals surface area contributed by atoms with Gasteiger partial charge in [-0.2, -0.15) is 4.68 Å². The van der Waals surface area contributed by atoms with Crippen LogP contribution >= 0.6 is 23.2 Å². The van der Waals surface area contributed by atoms with E-state index in [1.54, 1.807) is 16.8 Å². The zero-order valence-electron chi connectivity index (χ0n) is 12.6. The molecule has 5 nitrogen and oxygen atoms in total. The Balaban J connectivity index is 2.11. The van der Waals surface area contributed by atoms with E-state index in [1.165, 1.54) is 0 Å². The zero-order valence-corrected chi connectivity index (χ0v) is 14.1. The summed E-state index contributed by atoms with van der Waals surface area (Å²) in [6.45, 7) is 3.86. The SMILES string of the molecule is CC(C)Oc1cc(-n2nnnc2-c2ccccc2)c(Cl)cc1Cl. The Morgan fingerprint density at radius 1 is 1.04 bits per heavy atom. The Hall–Kier alpha value is -2.11. The molecule has 3 aromatic rings. The van der Waals surface area contributed by atoms with Gasteiger partial charge < -0.3 is 4.74 Å². The van der Waals surface area contributed by atoms with Crippen LogP contribution in [0.4, 0.5) is 0 Å². The van der Waals surface area contributed by atoms with Crippen molar-refractivity contribution in [2.45, 2.75) is 20.0 Å². The molecular weight excluding hydrogens is 335 g/mol. The van der Waals surface area contributed by atoms with Crippen molar-refractivity contribution in [3.8, 4) is 22.8 Å². The summed E-state index contributed by atoms with van der Waals surface area (Å²) in [6, 6.07) is 13.0. The van der Waals surface area contributed by atoms with Crippen molar-refractivity contribution in [1.29, 1.82) is 0 Å². The van der Waals surface area contributed by atoms with E-state index in [2.05, 4.69) is 15.5 Å². The molecule has 0 unspecified atom stereocenters. The van der Waals surface area contributed by atoms with Crippen molar-refractivity contribution in [3.05, 3.63) is 52.5 Å². The van der Waals surface area contributed by atoms with Crippen LogP contribution in [0.5, 0.6) is 5.75 Å². The van der Waals surface area contributed by atoms with Gasteiger partial charge in [-0.25, -0.2) is 0 Å². The first-order chi connectivity index (χ1) is 11.1. The van der Waals surface area contributed by atoms with Gasteiger partial charge in [0, 0.05) is 11.6 Å². The summed E-state index contributed by atoms with van der Waals surface area (Å²) >= 11 is 12.5. The van der Waals surface area contributed by atoms with E-state index in [0.29, 0.717) is 27.3 Å². The summed E-state index contributed by atoms with van der Waals surface area (Å²) < 4.78 is 7.28. The molecule has 118 valence electrons. The molecule has 0 aliphatic rings. The molecule has 0 spiro atoms. The molecule has 0 N–H and O–H groups in total. The molecule has 0 fully saturated rings. The summed E-state index contributed by atoms with van der Waals surface area (Å²) in [6.07, 6.45) is -0.0102. The minimum Gasteiger partial charge on any atom is -0.489 e. The third-order valence-corrected chi connectivity index (χ3v) is 3.69. The summed E-state index contributed by atoms with van der Waals surface area (Å²) in [7, 11) is 0. The highest BCUT2D eigenvalue weighted by molar-refractivity contribution is 6.36. The molecule has 0 atom stereocenters. The highest BCUT2D eigenvalue weighted by Crippen LogP contribution is 2.34. The van der Waals surface area contributed by atoms with Gasteiger partial charge in [0.25, 0.3) is 0 Å². The largest absolute Gasteiger partial charge is 0.489 e. The van der Waals surface area contributed by atoms with Gasteiger partial charge in [-0.15, -0.1) is 5.10 Å². The molecule has 0 bridgehead atoms. The lowest BCUT2D eigenvalue weighted by atomic mass is 10.2. The summed E-state index contributed by atoms with van der Waals surface area (Å²) in [5, 5.41) is 12.8. The lowest BCUT2D eigenvalue weighted by Crippen LogP contribution is -2.07. The molecule has 0 amide bonds. The van der Waals surface area contributed by atoms with Gasteiger partial charge in [0.2, 0.25) is 0 Å². The fourth-order valence-electron chi connectivity index (χ4n) is 2.14. The van der Waals surface area contributed by atoms with Gasteiger partial charge in [-0.1, -0.05) is 53.5 Å². The second-order valence-corrected chi connectivity index (χ2v) is 6.00. The number of ether oxygens (including phenoxy) is 1. The van der Waals surface area contributed by atoms with E-state index in [1.807, 2.05) is 44.2 Å². The van der Waals surface area contributed by atoms with Gasteiger partial charge in [-0.05, 0) is 30.3 Å². The Morgan fingerprint density at radius 2 is 1.78 bits per heavy atom. The van der Waals surface area contributed by atoms with Crippen molar-refractivity contribution in [2.75, 3.05) is 0 Å². The van der Waals surface area contributed by atoms with Crippen molar-refractivity contribution < 1.29 is 4.74 Å². The lowest BCUT2D eigenvalue weighted by Gasteiger charge is -2.14. The predicted molar refractivity (Wildman–Crippen MR) is 90.4 cm³/mol. The second-order valence-electron chi connectivity index (χ2n) is 5.18. The van der Waals surface area contributed by atoms with Crippen LogP contribution in [-0.4, -0.2) is 26.3 Å². The van der Waals surface area contributed by atoms with Crippen molar-refractivity contribution in [2.24, 2.45) is 0 Å². The fourth-order valence-corrected chi connectivity index (χ4v) is 2.65. The Morgan fingerprint density at radius 3 is 2.48 bits per heavy atom. The number of halogens is 2. The molecule has 0 aliphatic carbocycles. The molecule has 1 heterocycles. The maximum absolute atomic E-state index is 6.33. The maximum atomic E-state index is 6.33. The zero-order chi connectivity index (χ0) is 16.4. The quantitative estimate of drug-likeness (QED) is 0.700. The fraction of sp³-hybridized carbons (Fsp3) is 0.188. The first-order valence-electron chi connectivity index (χ1n) is 7.06. The highest BCUT2D eigenvalue weighted by Gasteiger charge is 2.16. The summed E-state index contributed by atoms with van der Waals surface area (Å²) in [5.74, 6) is 1.13. The Labute approximate surface area is 143 Å². The average molecular weight is 349 g/mol. The van der Waals surface area contributed by atoms with E-state index in [9.17, 15) is 0 Å². The van der Waals surface area contributed by atoms with E-state index >= 15 is 0 Å². The molecule has 0 saturated heterocycles. The summed E-state index contributed by atoms with van der Waals surface area (Å²) in [4.78, 5) is 0. The number of aromatic nitrogens is 4. The molecular formula is C16H14Cl2N4O. The van der Waals surface area contributed by atoms with Crippen LogP contribution < -0.4 is 4.74 Å². The van der Waals surface area contributed by atoms with Gasteiger partial charge in [-0.3, -0.25) is 0 Å². The van der Waals surface area contributed by atoms with E-state index in [4.69, 9.17) is 27.9 Å². The smallest absolute Gasteiger partial charge is 0.187 e. The minimum atomic E-state index is -0.0102. The first kappa shape index (κ1) is 15.8. The third kappa shape index (κ3) is 3.30. The number of benzene rings is 2. The van der Waals surface area contributed by atoms with Gasteiger partial charge in [0.1, 0.15) is 5.75 Å². The highest BCUT2D eigenvalue weighted by atomic mass is 35.5. The third-order valence-electron chi connectivity index (χ3n) is 3.09. The molecule has 0 aliphatic heterocycles. The standard InChI is InChI=1S/C16H14Cl2N4O/c1-10(2)23-15-9-14(12(17)8-13(15)18)22-16(19-20-21-22)11-6-4-3-5-7-11/h3-10H,1-2H3. The molecule has 0 saturated carbocycles. The maximum Gasteiger partial charge on any atom is 0.187 e. The van der Waals surface area contributed by atoms with Crippen LogP contribution in [-0.2, 0) is 0 Å². The first-order valence-corrected chi connectivity index (χ1v) is 7.81. The number of tetrazole rings is 1. The van der Waals surface area contributed by atoms with E-state index < -0.39 is 0 Å². The molecule has 23 heavy (non-hydrogen) atoms. The number of hydrogen-bond acceptors (Lipinski definition) is 4. The van der Waals surface area contributed by atoms with Crippen LogP contribution in [0.2, 0.25) is 10.0 Å². The van der Waals surface area contributed by atoms with Crippen molar-refractivity contribution in [1.82, 2.24) is 20.2 Å². The minimum absolute atomic E-state index is 0.0102. The summed E-state index contributed by atoms with van der Waals surface area (Å²) in [5.41, 5.74) is 1.49. The lowest BCUT2D eigenvalue weighted by molar-refractivity contribution is 0.242. The average Bonchev–Trinajstić information content (AvgIpc) is 3.00. The normalized spacial score (nSPS) is 11.0. The van der Waals surface area contributed by atoms with Crippen LogP contribution in [0.15, 0.2) is 42.5 Å². The monoisotopic (exact) mass is 348 g/mol. The van der Waals surface area contributed by atoms with Gasteiger partial charge in [0.15, 0.2) is 5.82 Å². The van der Waals surface area contributed by atoms with E-state index in [-0.39, 0.29) is 6.10 Å². The number of nitrogens with zero attached hydrogens (tertiary/aromatic N) is 4. The van der Waals surface area contributed by atoms with Gasteiger partial charge >= 0.3 is 0 Å². The van der Waals surface area contributed by atoms with Crippen LogP contribution in [0, 0.1) is 0 Å². The van der Waals surface area contributed by atoms with Crippen molar-refractivity contribution in [3.63, 3.8) is 0 Å². The molecule has 0 radical (unpaired) electrons. The van der Waals surface area contributed by atoms with Crippen molar-refractivity contribution >= 4 is 23.2 Å². The van der Waals surface area contributed by atoms with Crippen LogP contribution in [0.25, 0.3) is 17.1 Å². The molecule has 3 rings (SSSR count). The Bertz CT molecular complexity index is 818. The molecule has 1 aromatic heterocycles. The number of hydrogen-bond donors (Lipinski definition) is 0. The van der Waals surface area contributed by atoms with E-state index in [0.717, 1.165) is 5.56 Å². The predicted octanol–water partition coefficient (Wildman–Crippen LogP) is 4.42. The van der Waals surface area contributed by atoms with Crippen LogP contribution in [0.3, 0.4) is 0 Å². The van der Waals surface area contributed by atoms with Crippen LogP contribution in [0.1, 0.15) is 13.8 Å². The Kier molecular flexibility index (Phi) is 4.50. The van der Waals surface area contributed by atoms with Gasteiger partial charge in [0.05, 0.1) is 21.8 Å². The molecule has 2 aromatic carbocycles.